The van der Waals surface area contributed by atoms with E-state index in [0.717, 1.165) is 22.0 Å². The molecule has 1 N–H and O–H groups in total. The van der Waals surface area contributed by atoms with Crippen molar-refractivity contribution >= 4 is 28.6 Å². The van der Waals surface area contributed by atoms with Crippen molar-refractivity contribution in [1.29, 1.82) is 0 Å². The largest absolute Gasteiger partial charge is 0.379 e. The van der Waals surface area contributed by atoms with Gasteiger partial charge in [-0.3, -0.25) is 0 Å². The number of thiazole rings is 1. The van der Waals surface area contributed by atoms with Gasteiger partial charge in [0.2, 0.25) is 0 Å². The zero-order chi connectivity index (χ0) is 13.8. The van der Waals surface area contributed by atoms with E-state index in [-0.39, 0.29) is 0 Å². The van der Waals surface area contributed by atoms with Crippen LogP contribution in [0, 0.1) is 0 Å². The molecule has 100 valence electrons. The Morgan fingerprint density at radius 1 is 1.15 bits per heavy atom. The molecule has 2 aromatic heterocycles. The monoisotopic (exact) mass is 301 g/mol. The number of anilines is 1. The highest BCUT2D eigenvalue weighted by Gasteiger charge is 2.04. The van der Waals surface area contributed by atoms with Gasteiger partial charge in [0, 0.05) is 22.8 Å². The molecule has 0 unspecified atom stereocenters. The third kappa shape index (κ3) is 3.15. The van der Waals surface area contributed by atoms with Crippen molar-refractivity contribution in [2.45, 2.75) is 6.54 Å². The Morgan fingerprint density at radius 3 is 2.80 bits per heavy atom. The van der Waals surface area contributed by atoms with Gasteiger partial charge in [0.05, 0.1) is 12.2 Å². The van der Waals surface area contributed by atoms with Crippen molar-refractivity contribution in [2.75, 3.05) is 5.32 Å². The number of hydrogen-bond acceptors (Lipinski definition) is 4. The van der Waals surface area contributed by atoms with E-state index in [0.29, 0.717) is 11.7 Å². The second kappa shape index (κ2) is 6.03. The highest BCUT2D eigenvalue weighted by Crippen LogP contribution is 2.23. The number of hydrogen-bond donors (Lipinski definition) is 1. The molecule has 0 saturated heterocycles. The molecular weight excluding hydrogens is 290 g/mol. The topological polar surface area (TPSA) is 37.8 Å². The molecule has 0 saturated carbocycles. The van der Waals surface area contributed by atoms with Crippen molar-refractivity contribution in [3.63, 3.8) is 0 Å². The highest BCUT2D eigenvalue weighted by atomic mass is 35.5. The molecule has 0 spiro atoms. The van der Waals surface area contributed by atoms with Crippen LogP contribution in [0.1, 0.15) is 5.69 Å². The Morgan fingerprint density at radius 2 is 2.00 bits per heavy atom. The smallest absolute Gasteiger partial charge is 0.131 e. The molecule has 0 atom stereocenters. The molecule has 0 amide bonds. The van der Waals surface area contributed by atoms with E-state index in [1.165, 1.54) is 0 Å². The fourth-order valence-electron chi connectivity index (χ4n) is 1.81. The maximum absolute atomic E-state index is 5.85. The molecule has 0 fully saturated rings. The normalized spacial score (nSPS) is 10.4. The van der Waals surface area contributed by atoms with Crippen LogP contribution in [0.4, 0.5) is 5.69 Å². The first-order valence-electron chi connectivity index (χ1n) is 6.16. The van der Waals surface area contributed by atoms with Gasteiger partial charge in [-0.15, -0.1) is 11.3 Å². The second-order valence-electron chi connectivity index (χ2n) is 4.23. The molecule has 0 radical (unpaired) electrons. The molecule has 0 aliphatic rings. The Labute approximate surface area is 126 Å². The number of aromatic nitrogens is 2. The molecule has 2 heterocycles. The average Bonchev–Trinajstić information content (AvgIpc) is 2.95. The summed E-state index contributed by atoms with van der Waals surface area (Å²) in [5, 5.41) is 6.88. The Balaban J connectivity index is 1.69. The minimum Gasteiger partial charge on any atom is -0.379 e. The molecule has 1 aromatic carbocycles. The summed E-state index contributed by atoms with van der Waals surface area (Å²) in [6, 6.07) is 13.9. The fourth-order valence-corrected chi connectivity index (χ4v) is 2.81. The predicted molar refractivity (Wildman–Crippen MR) is 84.1 cm³/mol. The van der Waals surface area contributed by atoms with E-state index in [1.54, 1.807) is 23.6 Å². The summed E-state index contributed by atoms with van der Waals surface area (Å²) in [6.07, 6.45) is 1.68. The lowest BCUT2D eigenvalue weighted by atomic mass is 10.2. The van der Waals surface area contributed by atoms with Crippen molar-refractivity contribution in [3.8, 4) is 10.6 Å². The van der Waals surface area contributed by atoms with Gasteiger partial charge in [-0.2, -0.15) is 0 Å². The van der Waals surface area contributed by atoms with Gasteiger partial charge in [-0.05, 0) is 12.1 Å². The molecule has 0 aliphatic carbocycles. The van der Waals surface area contributed by atoms with Gasteiger partial charge in [-0.1, -0.05) is 41.9 Å². The van der Waals surface area contributed by atoms with Gasteiger partial charge >= 0.3 is 0 Å². The highest BCUT2D eigenvalue weighted by molar-refractivity contribution is 7.13. The summed E-state index contributed by atoms with van der Waals surface area (Å²) in [5.41, 5.74) is 3.11. The maximum Gasteiger partial charge on any atom is 0.131 e. The number of benzene rings is 1. The van der Waals surface area contributed by atoms with Gasteiger partial charge < -0.3 is 5.32 Å². The van der Waals surface area contributed by atoms with Gasteiger partial charge in [0.15, 0.2) is 0 Å². The lowest BCUT2D eigenvalue weighted by Crippen LogP contribution is -1.99. The first kappa shape index (κ1) is 13.1. The molecule has 20 heavy (non-hydrogen) atoms. The standard InChI is InChI=1S/C15H12ClN3S/c16-14-8-12(6-7-17-14)18-9-13-10-20-15(19-13)11-4-2-1-3-5-11/h1-8,10H,9H2,(H,17,18). The van der Waals surface area contributed by atoms with E-state index in [9.17, 15) is 0 Å². The first-order valence-corrected chi connectivity index (χ1v) is 7.42. The minimum absolute atomic E-state index is 0.484. The van der Waals surface area contributed by atoms with Crippen LogP contribution in [0.3, 0.4) is 0 Å². The first-order chi connectivity index (χ1) is 9.81. The molecule has 5 heteroatoms. The van der Waals surface area contributed by atoms with E-state index >= 15 is 0 Å². The van der Waals surface area contributed by atoms with Crippen LogP contribution in [-0.2, 0) is 6.54 Å². The second-order valence-corrected chi connectivity index (χ2v) is 5.48. The van der Waals surface area contributed by atoms with Crippen LogP contribution in [0.15, 0.2) is 54.0 Å². The zero-order valence-corrected chi connectivity index (χ0v) is 12.2. The predicted octanol–water partition coefficient (Wildman–Crippen LogP) is 4.47. The molecule has 3 rings (SSSR count). The maximum atomic E-state index is 5.85. The van der Waals surface area contributed by atoms with Crippen molar-refractivity contribution in [3.05, 3.63) is 64.9 Å². The Kier molecular flexibility index (Phi) is 3.95. The third-order valence-electron chi connectivity index (χ3n) is 2.77. The summed E-state index contributed by atoms with van der Waals surface area (Å²) >= 11 is 7.50. The molecule has 0 bridgehead atoms. The van der Waals surface area contributed by atoms with E-state index in [2.05, 4.69) is 32.8 Å². The molecule has 3 nitrogen and oxygen atoms in total. The Bertz CT molecular complexity index is 697. The summed E-state index contributed by atoms with van der Waals surface area (Å²) in [4.78, 5) is 8.58. The van der Waals surface area contributed by atoms with Gasteiger partial charge in [0.1, 0.15) is 10.2 Å². The van der Waals surface area contributed by atoms with Crippen LogP contribution in [0.25, 0.3) is 10.6 Å². The number of rotatable bonds is 4. The summed E-state index contributed by atoms with van der Waals surface area (Å²) in [7, 11) is 0. The minimum atomic E-state index is 0.484. The Hall–Kier alpha value is -1.91. The fraction of sp³-hybridized carbons (Fsp3) is 0.0667. The quantitative estimate of drug-likeness (QED) is 0.722. The zero-order valence-electron chi connectivity index (χ0n) is 10.6. The summed E-state index contributed by atoms with van der Waals surface area (Å²) in [5.74, 6) is 0. The molecular formula is C15H12ClN3S. The number of nitrogens with zero attached hydrogens (tertiary/aromatic N) is 2. The van der Waals surface area contributed by atoms with Crippen LogP contribution in [0.2, 0.25) is 5.15 Å². The lowest BCUT2D eigenvalue weighted by Gasteiger charge is -2.03. The number of nitrogens with one attached hydrogen (secondary N) is 1. The summed E-state index contributed by atoms with van der Waals surface area (Å²) < 4.78 is 0. The van der Waals surface area contributed by atoms with Gasteiger partial charge in [0.25, 0.3) is 0 Å². The van der Waals surface area contributed by atoms with E-state index in [1.807, 2.05) is 24.3 Å². The van der Waals surface area contributed by atoms with Crippen LogP contribution in [0.5, 0.6) is 0 Å². The van der Waals surface area contributed by atoms with E-state index < -0.39 is 0 Å². The van der Waals surface area contributed by atoms with Crippen LogP contribution >= 0.6 is 22.9 Å². The molecule has 3 aromatic rings. The van der Waals surface area contributed by atoms with Crippen LogP contribution < -0.4 is 5.32 Å². The van der Waals surface area contributed by atoms with Crippen molar-refractivity contribution in [1.82, 2.24) is 9.97 Å². The average molecular weight is 302 g/mol. The van der Waals surface area contributed by atoms with Crippen molar-refractivity contribution in [2.24, 2.45) is 0 Å². The van der Waals surface area contributed by atoms with Gasteiger partial charge in [-0.25, -0.2) is 9.97 Å². The van der Waals surface area contributed by atoms with E-state index in [4.69, 9.17) is 11.6 Å². The number of pyridine rings is 1. The lowest BCUT2D eigenvalue weighted by molar-refractivity contribution is 1.07. The SMILES string of the molecule is Clc1cc(NCc2csc(-c3ccccc3)n2)ccn1. The van der Waals surface area contributed by atoms with Crippen molar-refractivity contribution < 1.29 is 0 Å². The third-order valence-corrected chi connectivity index (χ3v) is 3.92. The number of halogens is 1. The van der Waals surface area contributed by atoms with Crippen LogP contribution in [-0.4, -0.2) is 9.97 Å². The molecule has 0 aliphatic heterocycles. The summed E-state index contributed by atoms with van der Waals surface area (Å²) in [6.45, 7) is 0.670.